The van der Waals surface area contributed by atoms with Crippen molar-refractivity contribution < 1.29 is 13.6 Å². The monoisotopic (exact) mass is 449 g/mol. The average Bonchev–Trinajstić information content (AvgIpc) is 2.74. The van der Waals surface area contributed by atoms with Crippen LogP contribution in [0, 0.1) is 0 Å². The van der Waals surface area contributed by atoms with Gasteiger partial charge in [-0.25, -0.2) is 0 Å². The van der Waals surface area contributed by atoms with E-state index >= 15 is 0 Å². The molecular formula is C22H25F2N3OS2. The molecule has 1 fully saturated rings. The zero-order valence-electron chi connectivity index (χ0n) is 16.5. The van der Waals surface area contributed by atoms with Crippen LogP contribution in [-0.2, 0) is 11.2 Å². The molecule has 4 nitrogen and oxygen atoms in total. The molecule has 0 atom stereocenters. The fourth-order valence-electron chi connectivity index (χ4n) is 3.35. The fraction of sp³-hybridized carbons (Fsp3) is 0.364. The Labute approximate surface area is 185 Å². The van der Waals surface area contributed by atoms with Crippen molar-refractivity contribution in [2.45, 2.75) is 42.4 Å². The van der Waals surface area contributed by atoms with E-state index in [2.05, 4.69) is 15.5 Å². The molecule has 0 spiro atoms. The number of amides is 1. The van der Waals surface area contributed by atoms with Gasteiger partial charge in [0.1, 0.15) is 0 Å². The molecule has 0 saturated carbocycles. The van der Waals surface area contributed by atoms with Crippen molar-refractivity contribution in [2.24, 2.45) is 0 Å². The lowest BCUT2D eigenvalue weighted by Gasteiger charge is -2.34. The largest absolute Gasteiger partial charge is 0.353 e. The summed E-state index contributed by atoms with van der Waals surface area (Å²) in [5, 5.41) is 6.90. The number of nitrogens with zero attached hydrogens (tertiary/aromatic N) is 1. The molecule has 3 rings (SSSR count). The van der Waals surface area contributed by atoms with E-state index in [9.17, 15) is 13.6 Å². The van der Waals surface area contributed by atoms with Crippen LogP contribution in [0.15, 0.2) is 59.5 Å². The zero-order valence-corrected chi connectivity index (χ0v) is 18.2. The molecule has 1 aliphatic heterocycles. The van der Waals surface area contributed by atoms with Crippen molar-refractivity contribution >= 4 is 40.7 Å². The molecule has 2 aromatic carbocycles. The normalized spacial score (nSPS) is 14.6. The predicted molar refractivity (Wildman–Crippen MR) is 122 cm³/mol. The van der Waals surface area contributed by atoms with Crippen LogP contribution in [0.2, 0.25) is 0 Å². The Kier molecular flexibility index (Phi) is 8.45. The van der Waals surface area contributed by atoms with E-state index in [0.717, 1.165) is 38.0 Å². The van der Waals surface area contributed by atoms with Crippen LogP contribution in [-0.4, -0.2) is 40.8 Å². The van der Waals surface area contributed by atoms with Gasteiger partial charge in [0.25, 0.3) is 5.76 Å². The number of nitrogens with one attached hydrogen (secondary N) is 2. The first-order chi connectivity index (χ1) is 14.5. The third-order valence-electron chi connectivity index (χ3n) is 4.96. The van der Waals surface area contributed by atoms with Gasteiger partial charge < -0.3 is 15.5 Å². The smallest absolute Gasteiger partial charge is 0.288 e. The Morgan fingerprint density at radius 2 is 1.77 bits per heavy atom. The summed E-state index contributed by atoms with van der Waals surface area (Å²) < 4.78 is 24.8. The number of halogens is 2. The Hall–Kier alpha value is -2.19. The number of thiocarbonyl (C=S) groups is 1. The minimum absolute atomic E-state index is 0.0831. The molecule has 0 aliphatic carbocycles. The van der Waals surface area contributed by atoms with E-state index in [1.807, 2.05) is 30.3 Å². The first-order valence-electron chi connectivity index (χ1n) is 9.93. The first-order valence-corrected chi connectivity index (χ1v) is 11.2. The van der Waals surface area contributed by atoms with E-state index in [1.54, 1.807) is 24.3 Å². The average molecular weight is 450 g/mol. The van der Waals surface area contributed by atoms with Crippen LogP contribution in [0.25, 0.3) is 0 Å². The molecule has 8 heteroatoms. The third kappa shape index (κ3) is 7.25. The van der Waals surface area contributed by atoms with Crippen molar-refractivity contribution in [1.82, 2.24) is 10.2 Å². The highest BCUT2D eigenvalue weighted by Gasteiger charge is 2.22. The Balaban J connectivity index is 1.38. The van der Waals surface area contributed by atoms with E-state index in [-0.39, 0.29) is 11.9 Å². The van der Waals surface area contributed by atoms with Gasteiger partial charge in [0.05, 0.1) is 0 Å². The molecule has 1 heterocycles. The van der Waals surface area contributed by atoms with Crippen LogP contribution in [0.3, 0.4) is 0 Å². The van der Waals surface area contributed by atoms with Crippen molar-refractivity contribution in [3.63, 3.8) is 0 Å². The highest BCUT2D eigenvalue weighted by molar-refractivity contribution is 7.99. The molecule has 0 bridgehead atoms. The summed E-state index contributed by atoms with van der Waals surface area (Å²) >= 11 is 6.01. The molecule has 160 valence electrons. The fourth-order valence-corrected chi connectivity index (χ4v) is 4.15. The standard InChI is InChI=1S/C22H25F2N3OS2/c23-21(24)30-19-9-7-17(8-10-19)26-22(29)27-14-12-18(13-15-27)25-20(28)11-6-16-4-2-1-3-5-16/h1-5,7-10,18,21H,6,11-15H2,(H,25,28)(H,26,29). The third-order valence-corrected chi connectivity index (χ3v) is 6.04. The second kappa shape index (κ2) is 11.3. The lowest BCUT2D eigenvalue weighted by atomic mass is 10.0. The van der Waals surface area contributed by atoms with Crippen LogP contribution >= 0.6 is 24.0 Å². The number of rotatable bonds is 7. The number of thioether (sulfide) groups is 1. The summed E-state index contributed by atoms with van der Waals surface area (Å²) in [6, 6.07) is 17.0. The van der Waals surface area contributed by atoms with Gasteiger partial charge in [0.15, 0.2) is 5.11 Å². The van der Waals surface area contributed by atoms with Gasteiger partial charge in [-0.15, -0.1) is 0 Å². The Bertz CT molecular complexity index is 826. The molecule has 0 unspecified atom stereocenters. The number of alkyl halides is 2. The minimum atomic E-state index is -2.43. The van der Waals surface area contributed by atoms with Gasteiger partial charge in [-0.3, -0.25) is 4.79 Å². The van der Waals surface area contributed by atoms with Gasteiger partial charge in [0, 0.05) is 36.1 Å². The SMILES string of the molecule is O=C(CCc1ccccc1)NC1CCN(C(=S)Nc2ccc(SC(F)F)cc2)CC1. The van der Waals surface area contributed by atoms with Crippen LogP contribution in [0.1, 0.15) is 24.8 Å². The van der Waals surface area contributed by atoms with Crippen molar-refractivity contribution in [3.8, 4) is 0 Å². The predicted octanol–water partition coefficient (Wildman–Crippen LogP) is 4.91. The number of anilines is 1. The molecule has 2 N–H and O–H groups in total. The molecular weight excluding hydrogens is 424 g/mol. The summed E-state index contributed by atoms with van der Waals surface area (Å²) in [5.41, 5.74) is 1.94. The van der Waals surface area contributed by atoms with Crippen molar-refractivity contribution in [3.05, 3.63) is 60.2 Å². The number of piperidine rings is 1. The quantitative estimate of drug-likeness (QED) is 0.464. The number of carbonyl (C=O) groups excluding carboxylic acids is 1. The van der Waals surface area contributed by atoms with Gasteiger partial charge >= 0.3 is 0 Å². The Morgan fingerprint density at radius 3 is 2.40 bits per heavy atom. The second-order valence-electron chi connectivity index (χ2n) is 7.15. The van der Waals surface area contributed by atoms with Gasteiger partial charge in [-0.1, -0.05) is 42.1 Å². The van der Waals surface area contributed by atoms with Crippen LogP contribution < -0.4 is 10.6 Å². The summed E-state index contributed by atoms with van der Waals surface area (Å²) in [4.78, 5) is 14.8. The molecule has 0 aromatic heterocycles. The number of benzene rings is 2. The molecule has 2 aromatic rings. The Morgan fingerprint density at radius 1 is 1.10 bits per heavy atom. The first kappa shape index (κ1) is 22.5. The highest BCUT2D eigenvalue weighted by Crippen LogP contribution is 2.26. The van der Waals surface area contributed by atoms with E-state index in [1.165, 1.54) is 5.56 Å². The maximum atomic E-state index is 12.4. The molecule has 30 heavy (non-hydrogen) atoms. The van der Waals surface area contributed by atoms with E-state index in [4.69, 9.17) is 12.2 Å². The molecule has 1 aliphatic rings. The lowest BCUT2D eigenvalue weighted by Crippen LogP contribution is -2.47. The van der Waals surface area contributed by atoms with Crippen LogP contribution in [0.4, 0.5) is 14.5 Å². The minimum Gasteiger partial charge on any atom is -0.353 e. The van der Waals surface area contributed by atoms with Crippen LogP contribution in [0.5, 0.6) is 0 Å². The summed E-state index contributed by atoms with van der Waals surface area (Å²) in [6.07, 6.45) is 2.91. The number of aryl methyl sites for hydroxylation is 1. The van der Waals surface area contributed by atoms with Gasteiger partial charge in [-0.05, 0) is 61.3 Å². The molecule has 1 amide bonds. The van der Waals surface area contributed by atoms with E-state index < -0.39 is 5.76 Å². The lowest BCUT2D eigenvalue weighted by molar-refractivity contribution is -0.122. The summed E-state index contributed by atoms with van der Waals surface area (Å²) in [5.74, 6) is -2.34. The second-order valence-corrected chi connectivity index (χ2v) is 8.60. The number of hydrogen-bond donors (Lipinski definition) is 2. The maximum absolute atomic E-state index is 12.4. The van der Waals surface area contributed by atoms with Crippen molar-refractivity contribution in [2.75, 3.05) is 18.4 Å². The molecule has 1 saturated heterocycles. The summed E-state index contributed by atoms with van der Waals surface area (Å²) in [7, 11) is 0. The highest BCUT2D eigenvalue weighted by atomic mass is 32.2. The maximum Gasteiger partial charge on any atom is 0.288 e. The number of likely N-dealkylation sites (tertiary alicyclic amines) is 1. The molecule has 0 radical (unpaired) electrons. The number of hydrogen-bond acceptors (Lipinski definition) is 3. The zero-order chi connectivity index (χ0) is 21.3. The topological polar surface area (TPSA) is 44.4 Å². The van der Waals surface area contributed by atoms with E-state index in [0.29, 0.717) is 28.2 Å². The number of carbonyl (C=O) groups is 1. The van der Waals surface area contributed by atoms with Gasteiger partial charge in [-0.2, -0.15) is 8.78 Å². The van der Waals surface area contributed by atoms with Gasteiger partial charge in [0.2, 0.25) is 5.91 Å². The van der Waals surface area contributed by atoms with Crippen molar-refractivity contribution in [1.29, 1.82) is 0 Å². The summed E-state index contributed by atoms with van der Waals surface area (Å²) in [6.45, 7) is 1.52.